The fourth-order valence-corrected chi connectivity index (χ4v) is 2.70. The van der Waals surface area contributed by atoms with Gasteiger partial charge in [0.1, 0.15) is 0 Å². The standard InChI is InChI=1S/C17H23N3O3/c1-12-5-3-4-6-15(12)17(23)18-11-16(22)19-14-7-9-20(10-8-14)13(2)21/h3-6,14H,7-11H2,1-2H3,(H,18,23)(H,19,22). The maximum absolute atomic E-state index is 12.0. The number of nitrogens with zero attached hydrogens (tertiary/aromatic N) is 1. The molecule has 0 atom stereocenters. The molecule has 0 aromatic heterocycles. The minimum absolute atomic E-state index is 0.0416. The van der Waals surface area contributed by atoms with Crippen molar-refractivity contribution in [1.82, 2.24) is 15.5 Å². The lowest BCUT2D eigenvalue weighted by Crippen LogP contribution is -2.48. The lowest BCUT2D eigenvalue weighted by Gasteiger charge is -2.31. The zero-order chi connectivity index (χ0) is 16.8. The molecule has 23 heavy (non-hydrogen) atoms. The van der Waals surface area contributed by atoms with Gasteiger partial charge in [-0.25, -0.2) is 0 Å². The quantitative estimate of drug-likeness (QED) is 0.864. The number of aryl methyl sites for hydroxylation is 1. The third kappa shape index (κ3) is 4.81. The Bertz CT molecular complexity index is 593. The van der Waals surface area contributed by atoms with Crippen LogP contribution in [0.1, 0.15) is 35.7 Å². The van der Waals surface area contributed by atoms with Gasteiger partial charge >= 0.3 is 0 Å². The number of amides is 3. The van der Waals surface area contributed by atoms with E-state index in [0.29, 0.717) is 18.7 Å². The number of piperidine rings is 1. The Morgan fingerprint density at radius 3 is 2.43 bits per heavy atom. The van der Waals surface area contributed by atoms with Gasteiger partial charge in [-0.2, -0.15) is 0 Å². The predicted octanol–water partition coefficient (Wildman–Crippen LogP) is 0.852. The van der Waals surface area contributed by atoms with Gasteiger partial charge in [0.2, 0.25) is 11.8 Å². The second kappa shape index (κ2) is 7.76. The summed E-state index contributed by atoms with van der Waals surface area (Å²) in [5.74, 6) is -0.377. The predicted molar refractivity (Wildman–Crippen MR) is 86.9 cm³/mol. The third-order valence-corrected chi connectivity index (χ3v) is 4.10. The summed E-state index contributed by atoms with van der Waals surface area (Å²) >= 11 is 0. The van der Waals surface area contributed by atoms with E-state index in [2.05, 4.69) is 10.6 Å². The summed E-state index contributed by atoms with van der Waals surface area (Å²) in [5, 5.41) is 5.55. The van der Waals surface area contributed by atoms with Crippen molar-refractivity contribution in [2.75, 3.05) is 19.6 Å². The summed E-state index contributed by atoms with van der Waals surface area (Å²) in [6, 6.07) is 7.32. The fraction of sp³-hybridized carbons (Fsp3) is 0.471. The van der Waals surface area contributed by atoms with Crippen LogP contribution in [0.25, 0.3) is 0 Å². The lowest BCUT2D eigenvalue weighted by molar-refractivity contribution is -0.130. The van der Waals surface area contributed by atoms with Gasteiger partial charge in [-0.05, 0) is 31.4 Å². The van der Waals surface area contributed by atoms with Gasteiger partial charge in [-0.1, -0.05) is 18.2 Å². The smallest absolute Gasteiger partial charge is 0.251 e. The fourth-order valence-electron chi connectivity index (χ4n) is 2.70. The van der Waals surface area contributed by atoms with E-state index in [4.69, 9.17) is 0 Å². The Labute approximate surface area is 136 Å². The number of hydrogen-bond acceptors (Lipinski definition) is 3. The number of benzene rings is 1. The molecule has 0 unspecified atom stereocenters. The first kappa shape index (κ1) is 17.0. The van der Waals surface area contributed by atoms with Crippen molar-refractivity contribution < 1.29 is 14.4 Å². The van der Waals surface area contributed by atoms with E-state index in [1.165, 1.54) is 0 Å². The molecule has 2 N–H and O–H groups in total. The van der Waals surface area contributed by atoms with Gasteiger partial charge in [0.25, 0.3) is 5.91 Å². The normalized spacial score (nSPS) is 15.1. The minimum atomic E-state index is -0.246. The highest BCUT2D eigenvalue weighted by molar-refractivity contribution is 5.97. The molecule has 1 aliphatic rings. The topological polar surface area (TPSA) is 78.5 Å². The van der Waals surface area contributed by atoms with Gasteiger partial charge < -0.3 is 15.5 Å². The SMILES string of the molecule is CC(=O)N1CCC(NC(=O)CNC(=O)c2ccccc2C)CC1. The molecule has 0 aliphatic carbocycles. The maximum atomic E-state index is 12.0. The molecule has 2 rings (SSSR count). The first-order valence-corrected chi connectivity index (χ1v) is 7.86. The largest absolute Gasteiger partial charge is 0.352 e. The van der Waals surface area contributed by atoms with Gasteiger partial charge in [0, 0.05) is 31.6 Å². The highest BCUT2D eigenvalue weighted by Gasteiger charge is 2.22. The highest BCUT2D eigenvalue weighted by atomic mass is 16.2. The van der Waals surface area contributed by atoms with Crippen LogP contribution in [0, 0.1) is 6.92 Å². The second-order valence-corrected chi connectivity index (χ2v) is 5.85. The summed E-state index contributed by atoms with van der Waals surface area (Å²) in [5.41, 5.74) is 1.46. The van der Waals surface area contributed by atoms with E-state index in [-0.39, 0.29) is 30.3 Å². The van der Waals surface area contributed by atoms with Crippen molar-refractivity contribution in [3.8, 4) is 0 Å². The van der Waals surface area contributed by atoms with E-state index >= 15 is 0 Å². The number of carbonyl (C=O) groups is 3. The number of nitrogens with one attached hydrogen (secondary N) is 2. The van der Waals surface area contributed by atoms with Crippen LogP contribution in [0.4, 0.5) is 0 Å². The van der Waals surface area contributed by atoms with Crippen LogP contribution < -0.4 is 10.6 Å². The molecule has 1 heterocycles. The van der Waals surface area contributed by atoms with Crippen molar-refractivity contribution in [3.63, 3.8) is 0 Å². The maximum Gasteiger partial charge on any atom is 0.251 e. The van der Waals surface area contributed by atoms with Gasteiger partial charge in [0.05, 0.1) is 6.54 Å². The van der Waals surface area contributed by atoms with Crippen molar-refractivity contribution in [2.24, 2.45) is 0 Å². The molecule has 0 spiro atoms. The molecule has 0 saturated carbocycles. The van der Waals surface area contributed by atoms with E-state index in [0.717, 1.165) is 18.4 Å². The van der Waals surface area contributed by atoms with Crippen LogP contribution >= 0.6 is 0 Å². The summed E-state index contributed by atoms with van der Waals surface area (Å²) < 4.78 is 0. The first-order chi connectivity index (χ1) is 11.0. The molecule has 124 valence electrons. The highest BCUT2D eigenvalue weighted by Crippen LogP contribution is 2.10. The van der Waals surface area contributed by atoms with Crippen LogP contribution in [0.15, 0.2) is 24.3 Å². The molecule has 1 saturated heterocycles. The number of likely N-dealkylation sites (tertiary alicyclic amines) is 1. The molecular weight excluding hydrogens is 294 g/mol. The zero-order valence-electron chi connectivity index (χ0n) is 13.6. The molecule has 6 nitrogen and oxygen atoms in total. The van der Waals surface area contributed by atoms with Gasteiger partial charge in [0.15, 0.2) is 0 Å². The molecule has 0 radical (unpaired) electrons. The third-order valence-electron chi connectivity index (χ3n) is 4.10. The van der Waals surface area contributed by atoms with Crippen molar-refractivity contribution in [1.29, 1.82) is 0 Å². The van der Waals surface area contributed by atoms with Crippen LogP contribution in [0.2, 0.25) is 0 Å². The Balaban J connectivity index is 1.75. The van der Waals surface area contributed by atoms with Crippen molar-refractivity contribution in [3.05, 3.63) is 35.4 Å². The number of rotatable bonds is 4. The van der Waals surface area contributed by atoms with Gasteiger partial charge in [-0.15, -0.1) is 0 Å². The molecule has 3 amide bonds. The molecular formula is C17H23N3O3. The van der Waals surface area contributed by atoms with E-state index < -0.39 is 0 Å². The van der Waals surface area contributed by atoms with Crippen molar-refractivity contribution >= 4 is 17.7 Å². The minimum Gasteiger partial charge on any atom is -0.352 e. The van der Waals surface area contributed by atoms with Crippen LogP contribution in [-0.2, 0) is 9.59 Å². The molecule has 1 aromatic rings. The lowest BCUT2D eigenvalue weighted by atomic mass is 10.1. The Kier molecular flexibility index (Phi) is 5.73. The van der Waals surface area contributed by atoms with Crippen LogP contribution in [0.5, 0.6) is 0 Å². The number of carbonyl (C=O) groups excluding carboxylic acids is 3. The average Bonchev–Trinajstić information content (AvgIpc) is 2.53. The summed E-state index contributed by atoms with van der Waals surface area (Å²) in [6.45, 7) is 4.70. The van der Waals surface area contributed by atoms with Crippen LogP contribution in [-0.4, -0.2) is 48.3 Å². The monoisotopic (exact) mass is 317 g/mol. The van der Waals surface area contributed by atoms with Gasteiger partial charge in [-0.3, -0.25) is 14.4 Å². The Morgan fingerprint density at radius 2 is 1.83 bits per heavy atom. The molecule has 1 aromatic carbocycles. The zero-order valence-corrected chi connectivity index (χ0v) is 13.6. The summed E-state index contributed by atoms with van der Waals surface area (Å²) in [6.07, 6.45) is 1.49. The average molecular weight is 317 g/mol. The summed E-state index contributed by atoms with van der Waals surface area (Å²) in [7, 11) is 0. The first-order valence-electron chi connectivity index (χ1n) is 7.86. The number of hydrogen-bond donors (Lipinski definition) is 2. The Morgan fingerprint density at radius 1 is 1.17 bits per heavy atom. The van der Waals surface area contributed by atoms with E-state index in [9.17, 15) is 14.4 Å². The van der Waals surface area contributed by atoms with Crippen LogP contribution in [0.3, 0.4) is 0 Å². The molecule has 0 bridgehead atoms. The van der Waals surface area contributed by atoms with E-state index in [1.807, 2.05) is 19.1 Å². The molecule has 6 heteroatoms. The summed E-state index contributed by atoms with van der Waals surface area (Å²) in [4.78, 5) is 37.0. The molecule has 1 aliphatic heterocycles. The van der Waals surface area contributed by atoms with Crippen molar-refractivity contribution in [2.45, 2.75) is 32.7 Å². The van der Waals surface area contributed by atoms with E-state index in [1.54, 1.807) is 24.0 Å². The second-order valence-electron chi connectivity index (χ2n) is 5.85. The molecule has 1 fully saturated rings. The Hall–Kier alpha value is -2.37.